The van der Waals surface area contributed by atoms with Crippen LogP contribution in [0.5, 0.6) is 0 Å². The minimum absolute atomic E-state index is 0.0854. The molecule has 0 aliphatic carbocycles. The molecule has 0 unspecified atom stereocenters. The maximum absolute atomic E-state index is 13.3. The molecule has 0 spiro atoms. The maximum Gasteiger partial charge on any atom is 0.408 e. The first-order valence-corrected chi connectivity index (χ1v) is 16.3. The SMILES string of the molecule is COCO/N=C(\C(=O)N[C@@H]1C(=O)N2C(C(=O)O)=C(C[n+]3ccn4c(NC(=O)CNC(=O)OC(C)(C)C)cccc43)CS[C@H]12)c1nsc(N)n1. The molecule has 21 heteroatoms. The number of nitrogens with two attached hydrogens (primary N) is 1. The molecule has 2 aliphatic rings. The van der Waals surface area contributed by atoms with Gasteiger partial charge < -0.3 is 35.8 Å². The predicted molar refractivity (Wildman–Crippen MR) is 174 cm³/mol. The van der Waals surface area contributed by atoms with Gasteiger partial charge in [0.2, 0.25) is 30.1 Å². The van der Waals surface area contributed by atoms with Gasteiger partial charge in [-0.2, -0.15) is 13.8 Å². The number of pyridine rings is 1. The van der Waals surface area contributed by atoms with Crippen LogP contribution in [0.3, 0.4) is 0 Å². The van der Waals surface area contributed by atoms with Crippen molar-refractivity contribution < 1.29 is 48.0 Å². The van der Waals surface area contributed by atoms with Crippen LogP contribution in [0.1, 0.15) is 26.6 Å². The summed E-state index contributed by atoms with van der Waals surface area (Å²) in [5, 5.41) is 21.0. The van der Waals surface area contributed by atoms with E-state index in [1.807, 2.05) is 0 Å². The van der Waals surface area contributed by atoms with E-state index in [1.54, 1.807) is 60.3 Å². The maximum atomic E-state index is 13.3. The summed E-state index contributed by atoms with van der Waals surface area (Å²) in [6.07, 6.45) is 2.67. The number of amides is 4. The Bertz CT molecular complexity index is 1870. The van der Waals surface area contributed by atoms with Gasteiger partial charge in [0.05, 0.1) is 0 Å². The second-order valence-electron chi connectivity index (χ2n) is 11.5. The molecule has 19 nitrogen and oxygen atoms in total. The van der Waals surface area contributed by atoms with Gasteiger partial charge in [0.15, 0.2) is 5.13 Å². The van der Waals surface area contributed by atoms with Crippen molar-refractivity contribution in [3.63, 3.8) is 0 Å². The quantitative estimate of drug-likeness (QED) is 0.0411. The lowest BCUT2D eigenvalue weighted by Gasteiger charge is -2.49. The van der Waals surface area contributed by atoms with Gasteiger partial charge in [-0.1, -0.05) is 5.16 Å². The number of thioether (sulfide) groups is 1. The summed E-state index contributed by atoms with van der Waals surface area (Å²) in [7, 11) is 1.36. The lowest BCUT2D eigenvalue weighted by atomic mass is 10.0. The van der Waals surface area contributed by atoms with E-state index in [9.17, 15) is 29.1 Å². The van der Waals surface area contributed by atoms with Crippen LogP contribution in [0.25, 0.3) is 5.65 Å². The number of β-lactam (4-membered cyclic amide) rings is 1. The van der Waals surface area contributed by atoms with E-state index < -0.39 is 46.8 Å². The van der Waals surface area contributed by atoms with Crippen molar-refractivity contribution in [2.24, 2.45) is 5.16 Å². The Morgan fingerprint density at radius 3 is 2.69 bits per heavy atom. The Kier molecular flexibility index (Phi) is 10.3. The van der Waals surface area contributed by atoms with Crippen molar-refractivity contribution in [3.05, 3.63) is 47.7 Å². The zero-order chi connectivity index (χ0) is 35.5. The number of alkyl carbamates (subject to hydrolysis) is 1. The smallest absolute Gasteiger partial charge is 0.408 e. The summed E-state index contributed by atoms with van der Waals surface area (Å²) in [6.45, 7) is 4.65. The van der Waals surface area contributed by atoms with Crippen molar-refractivity contribution >= 4 is 75.4 Å². The van der Waals surface area contributed by atoms with Crippen LogP contribution in [0.4, 0.5) is 15.7 Å². The van der Waals surface area contributed by atoms with Crippen LogP contribution < -0.4 is 26.3 Å². The third kappa shape index (κ3) is 7.90. The monoisotopic (exact) mass is 717 g/mol. The summed E-state index contributed by atoms with van der Waals surface area (Å²) >= 11 is 2.12. The van der Waals surface area contributed by atoms with Crippen LogP contribution in [-0.2, 0) is 40.0 Å². The molecule has 260 valence electrons. The number of imidazole rings is 1. The van der Waals surface area contributed by atoms with Crippen LogP contribution in [-0.4, -0.2) is 102 Å². The minimum atomic E-state index is -1.30. The highest BCUT2D eigenvalue weighted by atomic mass is 32.2. The van der Waals surface area contributed by atoms with Gasteiger partial charge in [-0.25, -0.2) is 14.2 Å². The fourth-order valence-electron chi connectivity index (χ4n) is 4.89. The zero-order valence-electron chi connectivity index (χ0n) is 26.7. The number of fused-ring (bicyclic) bond motifs is 2. The van der Waals surface area contributed by atoms with Gasteiger partial charge >= 0.3 is 12.1 Å². The van der Waals surface area contributed by atoms with Gasteiger partial charge in [0.25, 0.3) is 17.5 Å². The fraction of sp³-hybridized carbons (Fsp3) is 0.393. The summed E-state index contributed by atoms with van der Waals surface area (Å²) < 4.78 is 17.4. The summed E-state index contributed by atoms with van der Waals surface area (Å²) in [4.78, 5) is 73.5. The lowest BCUT2D eigenvalue weighted by Crippen LogP contribution is -2.71. The highest BCUT2D eigenvalue weighted by molar-refractivity contribution is 8.00. The number of nitrogens with zero attached hydrogens (tertiary/aromatic N) is 6. The topological polar surface area (TPSA) is 245 Å². The number of aliphatic carboxylic acids is 1. The van der Waals surface area contributed by atoms with Crippen molar-refractivity contribution in [1.82, 2.24) is 29.3 Å². The van der Waals surface area contributed by atoms with Crippen molar-refractivity contribution in [1.29, 1.82) is 0 Å². The molecule has 3 aromatic heterocycles. The number of ether oxygens (including phenoxy) is 2. The molecule has 2 atom stereocenters. The Labute approximate surface area is 286 Å². The predicted octanol–water partition coefficient (Wildman–Crippen LogP) is -0.113. The van der Waals surface area contributed by atoms with E-state index in [1.165, 1.54) is 18.9 Å². The van der Waals surface area contributed by atoms with Gasteiger partial charge in [-0.05, 0) is 26.8 Å². The van der Waals surface area contributed by atoms with Gasteiger partial charge in [-0.3, -0.25) is 24.6 Å². The van der Waals surface area contributed by atoms with Crippen LogP contribution in [0, 0.1) is 0 Å². The number of rotatable bonds is 12. The van der Waals surface area contributed by atoms with Gasteiger partial charge in [-0.15, -0.1) is 11.8 Å². The van der Waals surface area contributed by atoms with Crippen molar-refractivity contribution in [2.75, 3.05) is 37.3 Å². The number of aromatic nitrogens is 4. The summed E-state index contributed by atoms with van der Waals surface area (Å²) in [6, 6.07) is 4.09. The average Bonchev–Trinajstić information content (AvgIpc) is 3.66. The number of carboxylic acid groups (broad SMARTS) is 1. The van der Waals surface area contributed by atoms with Crippen molar-refractivity contribution in [2.45, 2.75) is 44.3 Å². The number of hydrogen-bond acceptors (Lipinski definition) is 14. The third-order valence-corrected chi connectivity index (χ3v) is 8.73. The first-order chi connectivity index (χ1) is 23.3. The Balaban J connectivity index is 1.29. The number of carboxylic acids is 1. The summed E-state index contributed by atoms with van der Waals surface area (Å²) in [5.74, 6) is -2.71. The number of nitrogens with one attached hydrogen (secondary N) is 3. The van der Waals surface area contributed by atoms with Gasteiger partial charge in [0, 0.05) is 42.1 Å². The highest BCUT2D eigenvalue weighted by Gasteiger charge is 2.54. The Morgan fingerprint density at radius 1 is 1.24 bits per heavy atom. The number of methoxy groups -OCH3 is 1. The van der Waals surface area contributed by atoms with E-state index in [4.69, 9.17) is 20.0 Å². The molecule has 5 rings (SSSR count). The van der Waals surface area contributed by atoms with Crippen LogP contribution >= 0.6 is 23.3 Å². The second-order valence-corrected chi connectivity index (χ2v) is 13.4. The van der Waals surface area contributed by atoms with Crippen molar-refractivity contribution in [3.8, 4) is 0 Å². The highest BCUT2D eigenvalue weighted by Crippen LogP contribution is 2.40. The third-order valence-electron chi connectivity index (χ3n) is 6.85. The molecule has 0 saturated carbocycles. The number of oxime groups is 1. The standard InChI is InChI=1S/C28H32N10O9S2/c1-28(2,3)47-27(44)30-10-16(39)31-15-6-5-7-17-36(8-9-37(15)17)11-14-12-48-24-19(23(41)38(24)20(14)25(42)43)32-22(40)18(34-46-13-45-4)21-33-26(29)49-35-21/h5-9,19,24H,10-13H2,1-4H3,(H5,29,30,32,33,35,40,42,43,44)/p+1/b34-18-/t19-,24-/m1/s1. The molecule has 1 saturated heterocycles. The first-order valence-electron chi connectivity index (χ1n) is 14.5. The minimum Gasteiger partial charge on any atom is -0.477 e. The number of hydrogen-bond donors (Lipinski definition) is 5. The van der Waals surface area contributed by atoms with Crippen LogP contribution in [0.15, 0.2) is 47.0 Å². The number of carbonyl (C=O) groups is 5. The Hall–Kier alpha value is -5.28. The van der Waals surface area contributed by atoms with E-state index in [0.29, 0.717) is 17.0 Å². The number of nitrogen functional groups attached to an aromatic ring is 1. The van der Waals surface area contributed by atoms with E-state index >= 15 is 0 Å². The molecule has 0 radical (unpaired) electrons. The molecule has 49 heavy (non-hydrogen) atoms. The molecule has 6 N–H and O–H groups in total. The molecule has 3 aromatic rings. The molecular weight excluding hydrogens is 685 g/mol. The van der Waals surface area contributed by atoms with E-state index in [2.05, 4.69) is 30.5 Å². The molecule has 4 amide bonds. The largest absolute Gasteiger partial charge is 0.477 e. The fourth-order valence-corrected chi connectivity index (χ4v) is 6.66. The first kappa shape index (κ1) is 35.0. The molecule has 5 heterocycles. The molecule has 0 aromatic carbocycles. The van der Waals surface area contributed by atoms with Crippen LogP contribution in [0.2, 0.25) is 0 Å². The molecule has 1 fully saturated rings. The molecular formula is C28H33N10O9S2+. The summed E-state index contributed by atoms with van der Waals surface area (Å²) in [5.41, 5.74) is 5.48. The normalized spacial score (nSPS) is 17.7. The molecule has 2 aliphatic heterocycles. The van der Waals surface area contributed by atoms with Gasteiger partial charge in [0.1, 0.15) is 48.2 Å². The number of carbonyl (C=O) groups excluding carboxylic acids is 4. The zero-order valence-corrected chi connectivity index (χ0v) is 28.3. The average molecular weight is 718 g/mol. The van der Waals surface area contributed by atoms with E-state index in [-0.39, 0.29) is 48.0 Å². The Morgan fingerprint density at radius 2 is 2.02 bits per heavy atom. The van der Waals surface area contributed by atoms with E-state index in [0.717, 1.165) is 16.4 Å². The second kappa shape index (κ2) is 14.5. The number of anilines is 2. The lowest BCUT2D eigenvalue weighted by molar-refractivity contribution is -0.662. The molecule has 0 bridgehead atoms.